The molecular weight excluding hydrogens is 286 g/mol. The van der Waals surface area contributed by atoms with Crippen LogP contribution in [0.2, 0.25) is 0 Å². The Morgan fingerprint density at radius 2 is 1.83 bits per heavy atom. The fourth-order valence-corrected chi connectivity index (χ4v) is 2.90. The van der Waals surface area contributed by atoms with Gasteiger partial charge in [0.05, 0.1) is 6.04 Å². The number of nitrogens with two attached hydrogens (primary N) is 1. The van der Waals surface area contributed by atoms with Crippen LogP contribution < -0.4 is 10.6 Å². The summed E-state index contributed by atoms with van der Waals surface area (Å²) in [4.78, 5) is 17.7. The molecule has 3 N–H and O–H groups in total. The number of nitrogens with zero attached hydrogens (tertiary/aromatic N) is 1. The molecule has 0 saturated carbocycles. The number of aromatic nitrogens is 1. The van der Waals surface area contributed by atoms with Crippen molar-refractivity contribution in [1.29, 1.82) is 0 Å². The molecule has 0 saturated heterocycles. The summed E-state index contributed by atoms with van der Waals surface area (Å²) in [5.74, 6) is -0.0519. The van der Waals surface area contributed by atoms with Gasteiger partial charge in [0.25, 0.3) is 0 Å². The van der Waals surface area contributed by atoms with Crippen LogP contribution >= 0.6 is 0 Å². The number of carbonyl (C=O) groups is 1. The molecule has 0 radical (unpaired) electrons. The van der Waals surface area contributed by atoms with Gasteiger partial charge in [0.2, 0.25) is 5.91 Å². The van der Waals surface area contributed by atoms with Crippen molar-refractivity contribution in [3.63, 3.8) is 0 Å². The van der Waals surface area contributed by atoms with E-state index in [1.807, 2.05) is 67.7 Å². The quantitative estimate of drug-likeness (QED) is 0.761. The van der Waals surface area contributed by atoms with Crippen LogP contribution in [0.5, 0.6) is 0 Å². The maximum Gasteiger partial charge on any atom is 0.244 e. The van der Waals surface area contributed by atoms with Gasteiger partial charge in [-0.25, -0.2) is 0 Å². The summed E-state index contributed by atoms with van der Waals surface area (Å²) in [5.41, 5.74) is 9.23. The van der Waals surface area contributed by atoms with Gasteiger partial charge in [0, 0.05) is 29.3 Å². The van der Waals surface area contributed by atoms with E-state index in [2.05, 4.69) is 4.98 Å². The summed E-state index contributed by atoms with van der Waals surface area (Å²) in [7, 11) is 0. The monoisotopic (exact) mass is 307 g/mol. The van der Waals surface area contributed by atoms with Crippen molar-refractivity contribution >= 4 is 22.5 Å². The van der Waals surface area contributed by atoms with Crippen molar-refractivity contribution in [3.8, 4) is 0 Å². The van der Waals surface area contributed by atoms with E-state index < -0.39 is 6.04 Å². The highest BCUT2D eigenvalue weighted by Gasteiger charge is 2.22. The summed E-state index contributed by atoms with van der Waals surface area (Å²) in [6.07, 6.45) is 2.46. The number of rotatable bonds is 5. The summed E-state index contributed by atoms with van der Waals surface area (Å²) in [5, 5.41) is 1.12. The lowest BCUT2D eigenvalue weighted by atomic mass is 10.0. The number of hydrogen-bond donors (Lipinski definition) is 2. The number of benzene rings is 2. The summed E-state index contributed by atoms with van der Waals surface area (Å²) < 4.78 is 0. The molecule has 0 bridgehead atoms. The molecule has 1 aromatic heterocycles. The molecule has 0 unspecified atom stereocenters. The molecule has 3 aromatic rings. The highest BCUT2D eigenvalue weighted by Crippen LogP contribution is 2.20. The lowest BCUT2D eigenvalue weighted by Gasteiger charge is -2.24. The van der Waals surface area contributed by atoms with Crippen molar-refractivity contribution < 1.29 is 4.79 Å². The average molecular weight is 307 g/mol. The molecule has 3 rings (SSSR count). The second-order valence-electron chi connectivity index (χ2n) is 5.59. The van der Waals surface area contributed by atoms with Crippen LogP contribution in [0.4, 0.5) is 5.69 Å². The first kappa shape index (κ1) is 15.3. The Morgan fingerprint density at radius 1 is 1.13 bits per heavy atom. The molecule has 23 heavy (non-hydrogen) atoms. The Labute approximate surface area is 135 Å². The van der Waals surface area contributed by atoms with Crippen LogP contribution in [0.1, 0.15) is 12.5 Å². The number of amides is 1. The molecule has 118 valence electrons. The zero-order chi connectivity index (χ0) is 16.2. The number of hydrogen-bond acceptors (Lipinski definition) is 2. The van der Waals surface area contributed by atoms with Gasteiger partial charge in [-0.2, -0.15) is 0 Å². The molecule has 1 amide bonds. The number of aromatic amines is 1. The van der Waals surface area contributed by atoms with Gasteiger partial charge in [-0.05, 0) is 37.1 Å². The van der Waals surface area contributed by atoms with Crippen molar-refractivity contribution in [2.45, 2.75) is 19.4 Å². The molecular formula is C19H21N3O. The van der Waals surface area contributed by atoms with Crippen molar-refractivity contribution in [3.05, 3.63) is 66.4 Å². The van der Waals surface area contributed by atoms with Gasteiger partial charge in [-0.1, -0.05) is 36.4 Å². The minimum Gasteiger partial charge on any atom is -0.361 e. The summed E-state index contributed by atoms with van der Waals surface area (Å²) in [6, 6.07) is 17.1. The number of carbonyl (C=O) groups excluding carboxylic acids is 1. The molecule has 0 aliphatic carbocycles. The molecule has 1 atom stereocenters. The van der Waals surface area contributed by atoms with Crippen molar-refractivity contribution in [1.82, 2.24) is 4.98 Å². The van der Waals surface area contributed by atoms with Crippen LogP contribution in [0.15, 0.2) is 60.8 Å². The number of nitrogens with one attached hydrogen (secondary N) is 1. The molecule has 4 nitrogen and oxygen atoms in total. The highest BCUT2D eigenvalue weighted by atomic mass is 16.2. The Balaban J connectivity index is 1.79. The number of anilines is 1. The molecule has 0 fully saturated rings. The number of para-hydroxylation sites is 2. The first-order chi connectivity index (χ1) is 11.2. The lowest BCUT2D eigenvalue weighted by molar-refractivity contribution is -0.119. The molecule has 0 aliphatic rings. The lowest BCUT2D eigenvalue weighted by Crippen LogP contribution is -2.45. The topological polar surface area (TPSA) is 62.1 Å². The van der Waals surface area contributed by atoms with Crippen LogP contribution in [0, 0.1) is 0 Å². The largest absolute Gasteiger partial charge is 0.361 e. The smallest absolute Gasteiger partial charge is 0.244 e. The van der Waals surface area contributed by atoms with E-state index in [9.17, 15) is 4.79 Å². The second-order valence-corrected chi connectivity index (χ2v) is 5.59. The maximum absolute atomic E-state index is 12.7. The minimum atomic E-state index is -0.561. The van der Waals surface area contributed by atoms with Crippen molar-refractivity contribution in [2.24, 2.45) is 5.73 Å². The zero-order valence-corrected chi connectivity index (χ0v) is 13.2. The molecule has 1 heterocycles. The standard InChI is InChI=1S/C19H21N3O/c1-2-22(15-8-4-3-5-9-15)19(23)17(20)12-14-13-21-18-11-7-6-10-16(14)18/h3-11,13,17,21H,2,12,20H2,1H3/t17-/m0/s1. The van der Waals surface area contributed by atoms with Gasteiger partial charge < -0.3 is 15.6 Å². The molecule has 2 aromatic carbocycles. The highest BCUT2D eigenvalue weighted by molar-refractivity contribution is 5.97. The first-order valence-corrected chi connectivity index (χ1v) is 7.87. The van der Waals surface area contributed by atoms with E-state index >= 15 is 0 Å². The third kappa shape index (κ3) is 3.12. The first-order valence-electron chi connectivity index (χ1n) is 7.87. The Morgan fingerprint density at radius 3 is 2.57 bits per heavy atom. The van der Waals surface area contributed by atoms with Gasteiger partial charge >= 0.3 is 0 Å². The van der Waals surface area contributed by atoms with Gasteiger partial charge in [0.1, 0.15) is 0 Å². The predicted octanol–water partition coefficient (Wildman–Crippen LogP) is 3.09. The van der Waals surface area contributed by atoms with Crippen molar-refractivity contribution in [2.75, 3.05) is 11.4 Å². The van der Waals surface area contributed by atoms with Crippen LogP contribution in [-0.4, -0.2) is 23.5 Å². The fourth-order valence-electron chi connectivity index (χ4n) is 2.90. The van der Waals surface area contributed by atoms with E-state index in [0.29, 0.717) is 13.0 Å². The van der Waals surface area contributed by atoms with Crippen LogP contribution in [0.25, 0.3) is 10.9 Å². The Bertz CT molecular complexity index is 794. The maximum atomic E-state index is 12.7. The second kappa shape index (κ2) is 6.67. The van der Waals surface area contributed by atoms with E-state index in [1.54, 1.807) is 4.90 Å². The predicted molar refractivity (Wildman–Crippen MR) is 94.4 cm³/mol. The van der Waals surface area contributed by atoms with Gasteiger partial charge in [-0.3, -0.25) is 4.79 Å². The third-order valence-electron chi connectivity index (χ3n) is 4.08. The molecule has 0 spiro atoms. The van der Waals surface area contributed by atoms with Crippen LogP contribution in [-0.2, 0) is 11.2 Å². The minimum absolute atomic E-state index is 0.0519. The molecule has 0 aliphatic heterocycles. The van der Waals surface area contributed by atoms with E-state index in [0.717, 1.165) is 22.2 Å². The van der Waals surface area contributed by atoms with Crippen LogP contribution in [0.3, 0.4) is 0 Å². The SMILES string of the molecule is CCN(C(=O)[C@@H](N)Cc1c[nH]c2ccccc12)c1ccccc1. The van der Waals surface area contributed by atoms with E-state index in [-0.39, 0.29) is 5.91 Å². The summed E-state index contributed by atoms with van der Waals surface area (Å²) in [6.45, 7) is 2.56. The fraction of sp³-hybridized carbons (Fsp3) is 0.211. The Kier molecular flexibility index (Phi) is 4.44. The van der Waals surface area contributed by atoms with E-state index in [1.165, 1.54) is 0 Å². The number of likely N-dealkylation sites (N-methyl/N-ethyl adjacent to an activating group) is 1. The molecule has 4 heteroatoms. The Hall–Kier alpha value is -2.59. The normalized spacial score (nSPS) is 12.3. The number of H-pyrrole nitrogens is 1. The zero-order valence-electron chi connectivity index (χ0n) is 13.2. The third-order valence-corrected chi connectivity index (χ3v) is 4.08. The van der Waals surface area contributed by atoms with E-state index in [4.69, 9.17) is 5.73 Å². The van der Waals surface area contributed by atoms with Gasteiger partial charge in [-0.15, -0.1) is 0 Å². The van der Waals surface area contributed by atoms with Gasteiger partial charge in [0.15, 0.2) is 0 Å². The summed E-state index contributed by atoms with van der Waals surface area (Å²) >= 11 is 0. The average Bonchev–Trinajstić information content (AvgIpc) is 2.99. The number of fused-ring (bicyclic) bond motifs is 1.